The van der Waals surface area contributed by atoms with Crippen molar-refractivity contribution in [1.29, 1.82) is 0 Å². The number of sulfonamides is 1. The number of amides is 2. The first-order valence-electron chi connectivity index (χ1n) is 12.4. The van der Waals surface area contributed by atoms with Crippen LogP contribution < -0.4 is 14.4 Å². The number of anilines is 1. The van der Waals surface area contributed by atoms with Crippen LogP contribution >= 0.6 is 0 Å². The number of rotatable bonds is 13. The van der Waals surface area contributed by atoms with Gasteiger partial charge in [0, 0.05) is 39.0 Å². The van der Waals surface area contributed by atoms with Crippen molar-refractivity contribution in [2.24, 2.45) is 0 Å². The van der Waals surface area contributed by atoms with Crippen LogP contribution in [0.4, 0.5) is 5.69 Å². The van der Waals surface area contributed by atoms with Crippen molar-refractivity contribution in [3.8, 4) is 5.75 Å². The Kier molecular flexibility index (Phi) is 10.3. The van der Waals surface area contributed by atoms with Crippen LogP contribution in [0.5, 0.6) is 5.75 Å². The Bertz CT molecular complexity index is 1300. The van der Waals surface area contributed by atoms with Crippen LogP contribution in [0.25, 0.3) is 0 Å². The highest BCUT2D eigenvalue weighted by molar-refractivity contribution is 7.92. The van der Waals surface area contributed by atoms with Crippen molar-refractivity contribution in [2.45, 2.75) is 31.8 Å². The first-order valence-corrected chi connectivity index (χ1v) is 14.3. The Morgan fingerprint density at radius 2 is 1.55 bits per heavy atom. The highest BCUT2D eigenvalue weighted by Crippen LogP contribution is 2.24. The summed E-state index contributed by atoms with van der Waals surface area (Å²) in [7, 11) is -0.520. The van der Waals surface area contributed by atoms with E-state index in [1.165, 1.54) is 11.4 Å². The molecule has 0 spiro atoms. The summed E-state index contributed by atoms with van der Waals surface area (Å²) in [6, 6.07) is 25.1. The molecule has 0 fully saturated rings. The van der Waals surface area contributed by atoms with E-state index in [4.69, 9.17) is 4.74 Å². The second kappa shape index (κ2) is 13.6. The molecule has 0 saturated carbocycles. The quantitative estimate of drug-likeness (QED) is 0.359. The van der Waals surface area contributed by atoms with Crippen LogP contribution in [-0.4, -0.2) is 58.1 Å². The van der Waals surface area contributed by atoms with Gasteiger partial charge in [0.25, 0.3) is 0 Å². The number of likely N-dealkylation sites (N-methyl/N-ethyl adjacent to an activating group) is 1. The molecule has 0 unspecified atom stereocenters. The number of hydrogen-bond donors (Lipinski definition) is 1. The van der Waals surface area contributed by atoms with E-state index in [1.807, 2.05) is 60.7 Å². The molecule has 8 nitrogen and oxygen atoms in total. The standard InChI is InChI=1S/C29H35N3O5S/c1-30-29(34)27(20-23-12-6-4-7-13-23)31(22-24-14-8-5-9-15-24)28(33)18-11-19-32(38(3,35)36)25-16-10-17-26(21-25)37-2/h4-10,12-17,21,27H,11,18-20,22H2,1-3H3,(H,30,34)/t27-/m0/s1. The molecule has 0 radical (unpaired) electrons. The van der Waals surface area contributed by atoms with E-state index in [0.717, 1.165) is 17.4 Å². The van der Waals surface area contributed by atoms with Gasteiger partial charge in [-0.3, -0.25) is 13.9 Å². The summed E-state index contributed by atoms with van der Waals surface area (Å²) in [6.07, 6.45) is 1.85. The number of nitrogens with zero attached hydrogens (tertiary/aromatic N) is 2. The number of hydrogen-bond acceptors (Lipinski definition) is 5. The molecule has 2 amide bonds. The molecular formula is C29H35N3O5S. The number of carbonyl (C=O) groups is 2. The van der Waals surface area contributed by atoms with Gasteiger partial charge in [0.1, 0.15) is 11.8 Å². The highest BCUT2D eigenvalue weighted by atomic mass is 32.2. The van der Waals surface area contributed by atoms with Crippen LogP contribution in [0.15, 0.2) is 84.9 Å². The van der Waals surface area contributed by atoms with E-state index in [2.05, 4.69) is 5.32 Å². The van der Waals surface area contributed by atoms with Gasteiger partial charge in [0.15, 0.2) is 0 Å². The minimum atomic E-state index is -3.60. The van der Waals surface area contributed by atoms with Gasteiger partial charge in [-0.25, -0.2) is 8.42 Å². The maximum Gasteiger partial charge on any atom is 0.242 e. The minimum absolute atomic E-state index is 0.0745. The minimum Gasteiger partial charge on any atom is -0.497 e. The van der Waals surface area contributed by atoms with E-state index >= 15 is 0 Å². The smallest absolute Gasteiger partial charge is 0.242 e. The van der Waals surface area contributed by atoms with Gasteiger partial charge in [-0.05, 0) is 29.7 Å². The number of ether oxygens (including phenoxy) is 1. The number of methoxy groups -OCH3 is 1. The lowest BCUT2D eigenvalue weighted by Gasteiger charge is -2.31. The number of carbonyl (C=O) groups excluding carboxylic acids is 2. The molecule has 0 heterocycles. The van der Waals surface area contributed by atoms with Gasteiger partial charge >= 0.3 is 0 Å². The van der Waals surface area contributed by atoms with Crippen LogP contribution in [0.2, 0.25) is 0 Å². The summed E-state index contributed by atoms with van der Waals surface area (Å²) >= 11 is 0. The molecule has 0 saturated heterocycles. The van der Waals surface area contributed by atoms with E-state index < -0.39 is 16.1 Å². The Labute approximate surface area is 225 Å². The van der Waals surface area contributed by atoms with E-state index in [0.29, 0.717) is 17.9 Å². The Hall–Kier alpha value is -3.85. The van der Waals surface area contributed by atoms with Crippen molar-refractivity contribution in [3.63, 3.8) is 0 Å². The lowest BCUT2D eigenvalue weighted by atomic mass is 10.0. The fourth-order valence-corrected chi connectivity index (χ4v) is 5.23. The van der Waals surface area contributed by atoms with Gasteiger partial charge in [0.05, 0.1) is 19.1 Å². The summed E-state index contributed by atoms with van der Waals surface area (Å²) < 4.78 is 31.6. The van der Waals surface area contributed by atoms with Crippen LogP contribution in [0.1, 0.15) is 24.0 Å². The summed E-state index contributed by atoms with van der Waals surface area (Å²) in [4.78, 5) is 28.2. The summed E-state index contributed by atoms with van der Waals surface area (Å²) in [5.41, 5.74) is 2.30. The van der Waals surface area contributed by atoms with Gasteiger partial charge < -0.3 is 15.0 Å². The third-order valence-corrected chi connectivity index (χ3v) is 7.40. The maximum atomic E-state index is 13.6. The Morgan fingerprint density at radius 1 is 0.921 bits per heavy atom. The van der Waals surface area contributed by atoms with Crippen molar-refractivity contribution in [2.75, 3.05) is 31.3 Å². The molecule has 3 aromatic carbocycles. The van der Waals surface area contributed by atoms with Crippen LogP contribution in [-0.2, 0) is 32.6 Å². The molecule has 1 N–H and O–H groups in total. The van der Waals surface area contributed by atoms with Gasteiger partial charge in [-0.15, -0.1) is 0 Å². The van der Waals surface area contributed by atoms with Crippen LogP contribution in [0.3, 0.4) is 0 Å². The summed E-state index contributed by atoms with van der Waals surface area (Å²) in [5, 5.41) is 2.70. The zero-order chi connectivity index (χ0) is 27.5. The zero-order valence-corrected chi connectivity index (χ0v) is 22.9. The summed E-state index contributed by atoms with van der Waals surface area (Å²) in [5.74, 6) is 0.0559. The molecule has 9 heteroatoms. The lowest BCUT2D eigenvalue weighted by molar-refractivity contribution is -0.141. The van der Waals surface area contributed by atoms with Crippen molar-refractivity contribution in [3.05, 3.63) is 96.1 Å². The molecular weight excluding hydrogens is 502 g/mol. The number of nitrogens with one attached hydrogen (secondary N) is 1. The molecule has 0 aromatic heterocycles. The van der Waals surface area contributed by atoms with Gasteiger partial charge in [-0.2, -0.15) is 0 Å². The molecule has 0 aliphatic heterocycles. The average molecular weight is 538 g/mol. The van der Waals surface area contributed by atoms with E-state index in [-0.39, 0.29) is 37.7 Å². The van der Waals surface area contributed by atoms with Crippen molar-refractivity contribution in [1.82, 2.24) is 10.2 Å². The SMILES string of the molecule is CNC(=O)[C@H](Cc1ccccc1)N(Cc1ccccc1)C(=O)CCCN(c1cccc(OC)c1)S(C)(=O)=O. The van der Waals surface area contributed by atoms with Crippen LogP contribution in [0, 0.1) is 0 Å². The summed E-state index contributed by atoms with van der Waals surface area (Å²) in [6.45, 7) is 0.372. The first kappa shape index (κ1) is 28.7. The normalized spacial score (nSPS) is 11.9. The molecule has 1 atom stereocenters. The predicted octanol–water partition coefficient (Wildman–Crippen LogP) is 3.63. The molecule has 0 aliphatic rings. The second-order valence-corrected chi connectivity index (χ2v) is 10.9. The average Bonchev–Trinajstić information content (AvgIpc) is 2.93. The molecule has 38 heavy (non-hydrogen) atoms. The molecule has 202 valence electrons. The molecule has 0 aliphatic carbocycles. The van der Waals surface area contributed by atoms with Gasteiger partial charge in [0.2, 0.25) is 21.8 Å². The Morgan fingerprint density at radius 3 is 2.13 bits per heavy atom. The van der Waals surface area contributed by atoms with Crippen molar-refractivity contribution >= 4 is 27.5 Å². The van der Waals surface area contributed by atoms with Gasteiger partial charge in [-0.1, -0.05) is 66.7 Å². The van der Waals surface area contributed by atoms with E-state index in [9.17, 15) is 18.0 Å². The second-order valence-electron chi connectivity index (χ2n) is 8.97. The molecule has 3 aromatic rings. The maximum absolute atomic E-state index is 13.6. The third kappa shape index (κ3) is 8.08. The highest BCUT2D eigenvalue weighted by Gasteiger charge is 2.30. The zero-order valence-electron chi connectivity index (χ0n) is 22.0. The molecule has 0 bridgehead atoms. The third-order valence-electron chi connectivity index (χ3n) is 6.21. The monoisotopic (exact) mass is 537 g/mol. The predicted molar refractivity (Wildman–Crippen MR) is 149 cm³/mol. The Balaban J connectivity index is 1.82. The fraction of sp³-hybridized carbons (Fsp3) is 0.310. The largest absolute Gasteiger partial charge is 0.497 e. The van der Waals surface area contributed by atoms with Crippen molar-refractivity contribution < 1.29 is 22.7 Å². The molecule has 3 rings (SSSR count). The fourth-order valence-electron chi connectivity index (χ4n) is 4.27. The number of benzene rings is 3. The lowest BCUT2D eigenvalue weighted by Crippen LogP contribution is -2.49. The first-order chi connectivity index (χ1) is 18.2. The van der Waals surface area contributed by atoms with E-state index in [1.54, 1.807) is 36.2 Å². The topological polar surface area (TPSA) is 96.0 Å².